The first-order valence-electron chi connectivity index (χ1n) is 35.4. The van der Waals surface area contributed by atoms with E-state index in [-0.39, 0.29) is 18.5 Å². The van der Waals surface area contributed by atoms with Gasteiger partial charge in [0.15, 0.2) is 0 Å². The van der Waals surface area contributed by atoms with Crippen LogP contribution < -0.4 is 5.32 Å². The molecule has 464 valence electrons. The van der Waals surface area contributed by atoms with Gasteiger partial charge < -0.3 is 20.3 Å². The van der Waals surface area contributed by atoms with Crippen LogP contribution in [0.25, 0.3) is 0 Å². The van der Waals surface area contributed by atoms with Gasteiger partial charge in [-0.2, -0.15) is 0 Å². The van der Waals surface area contributed by atoms with Crippen LogP contribution in [0.1, 0.15) is 380 Å². The van der Waals surface area contributed by atoms with E-state index in [0.29, 0.717) is 25.9 Å². The van der Waals surface area contributed by atoms with Gasteiger partial charge in [0.25, 0.3) is 0 Å². The molecule has 0 saturated carbocycles. The molecule has 0 saturated heterocycles. The summed E-state index contributed by atoms with van der Waals surface area (Å²) in [4.78, 5) is 24.5. The van der Waals surface area contributed by atoms with E-state index in [0.717, 1.165) is 57.8 Å². The number of aliphatic hydroxyl groups excluding tert-OH is 2. The zero-order valence-electron chi connectivity index (χ0n) is 53.1. The number of carbonyl (C=O) groups excluding carboxylic acids is 2. The number of hydrogen-bond acceptors (Lipinski definition) is 5. The number of amides is 1. The fourth-order valence-electron chi connectivity index (χ4n) is 10.9. The third-order valence-corrected chi connectivity index (χ3v) is 16.4. The van der Waals surface area contributed by atoms with Crippen molar-refractivity contribution in [2.75, 3.05) is 13.2 Å². The number of nitrogens with one attached hydrogen (secondary N) is 1. The molecule has 0 aliphatic rings. The topological polar surface area (TPSA) is 95.9 Å². The fraction of sp³-hybridized carbons (Fsp3) is 0.863. The number of unbranched alkanes of at least 4 members (excludes halogenated alkanes) is 47. The van der Waals surface area contributed by atoms with Gasteiger partial charge in [0, 0.05) is 12.8 Å². The maximum absolute atomic E-state index is 12.5. The Hall–Kier alpha value is -2.18. The number of ether oxygens (including phenoxy) is 1. The third kappa shape index (κ3) is 64.8. The summed E-state index contributed by atoms with van der Waals surface area (Å²) in [7, 11) is 0. The fourth-order valence-corrected chi connectivity index (χ4v) is 10.9. The smallest absolute Gasteiger partial charge is 0.305 e. The van der Waals surface area contributed by atoms with Gasteiger partial charge in [-0.15, -0.1) is 0 Å². The Bertz CT molecular complexity index is 1320. The number of esters is 1. The molecule has 0 heterocycles. The first-order valence-corrected chi connectivity index (χ1v) is 35.4. The average Bonchev–Trinajstić information content (AvgIpc) is 3.45. The largest absolute Gasteiger partial charge is 0.466 e. The van der Waals surface area contributed by atoms with Gasteiger partial charge in [0.05, 0.1) is 25.4 Å². The highest BCUT2D eigenvalue weighted by molar-refractivity contribution is 5.76. The van der Waals surface area contributed by atoms with E-state index < -0.39 is 12.1 Å². The summed E-state index contributed by atoms with van der Waals surface area (Å²) in [5.74, 6) is -0.0292. The van der Waals surface area contributed by atoms with E-state index in [4.69, 9.17) is 4.74 Å². The van der Waals surface area contributed by atoms with Crippen LogP contribution in [0.5, 0.6) is 0 Å². The Kier molecular flexibility index (Phi) is 66.4. The lowest BCUT2D eigenvalue weighted by molar-refractivity contribution is -0.143. The van der Waals surface area contributed by atoms with E-state index >= 15 is 0 Å². The Morgan fingerprint density at radius 2 is 0.646 bits per heavy atom. The molecule has 6 nitrogen and oxygen atoms in total. The van der Waals surface area contributed by atoms with Crippen molar-refractivity contribution in [2.24, 2.45) is 0 Å². The van der Waals surface area contributed by atoms with Gasteiger partial charge in [-0.05, 0) is 83.5 Å². The Labute approximate surface area is 493 Å². The Morgan fingerprint density at radius 3 is 1.00 bits per heavy atom. The predicted molar refractivity (Wildman–Crippen MR) is 347 cm³/mol. The van der Waals surface area contributed by atoms with Crippen LogP contribution in [0.3, 0.4) is 0 Å². The lowest BCUT2D eigenvalue weighted by atomic mass is 10.0. The molecular weight excluding hydrogens is 971 g/mol. The van der Waals surface area contributed by atoms with E-state index in [1.807, 2.05) is 0 Å². The van der Waals surface area contributed by atoms with Gasteiger partial charge in [-0.3, -0.25) is 9.59 Å². The molecule has 79 heavy (non-hydrogen) atoms. The van der Waals surface area contributed by atoms with Crippen molar-refractivity contribution in [3.05, 3.63) is 48.6 Å². The molecule has 6 heteroatoms. The summed E-state index contributed by atoms with van der Waals surface area (Å²) in [6, 6.07) is -0.539. The molecule has 0 rings (SSSR count). The van der Waals surface area contributed by atoms with Crippen LogP contribution in [0.2, 0.25) is 0 Å². The number of carbonyl (C=O) groups is 2. The van der Waals surface area contributed by atoms with Crippen LogP contribution in [0.4, 0.5) is 0 Å². The second-order valence-electron chi connectivity index (χ2n) is 24.2. The number of aliphatic hydroxyl groups is 2. The van der Waals surface area contributed by atoms with Crippen LogP contribution >= 0.6 is 0 Å². The minimum atomic E-state index is -0.662. The highest BCUT2D eigenvalue weighted by Gasteiger charge is 2.20. The standard InChI is InChI=1S/C73H137NO5/c1-3-5-7-9-11-13-15-17-43-47-51-55-59-63-67-73(78)79-68-64-60-56-52-48-44-40-38-36-34-32-30-28-26-24-22-20-18-19-21-23-25-27-29-31-33-35-37-39-42-46-50-54-58-62-66-72(77)74-70(69-75)71(76)65-61-57-53-49-45-41-16-14-12-10-8-6-4-2/h9,11,15,17,20,22,26,28,70-71,75-76H,3-8,10,12-14,16,18-19,21,23-25,27,29-69H2,1-2H3,(H,74,77)/b11-9-,17-15-,22-20-,28-26-. The van der Waals surface area contributed by atoms with Gasteiger partial charge >= 0.3 is 5.97 Å². The molecule has 0 fully saturated rings. The van der Waals surface area contributed by atoms with Crippen molar-refractivity contribution in [2.45, 2.75) is 392 Å². The molecule has 2 unspecified atom stereocenters. The molecule has 0 aliphatic heterocycles. The normalized spacial score (nSPS) is 12.8. The van der Waals surface area contributed by atoms with E-state index in [1.54, 1.807) is 0 Å². The number of allylic oxidation sites excluding steroid dienone is 8. The van der Waals surface area contributed by atoms with Crippen molar-refractivity contribution >= 4 is 11.9 Å². The summed E-state index contributed by atoms with van der Waals surface area (Å²) in [5, 5.41) is 23.3. The average molecular weight is 1110 g/mol. The summed E-state index contributed by atoms with van der Waals surface area (Å²) in [6.07, 6.45) is 88.8. The molecule has 0 bridgehead atoms. The van der Waals surface area contributed by atoms with E-state index in [9.17, 15) is 19.8 Å². The predicted octanol–water partition coefficient (Wildman–Crippen LogP) is 22.9. The van der Waals surface area contributed by atoms with Crippen LogP contribution in [-0.4, -0.2) is 47.4 Å². The molecule has 0 spiro atoms. The molecule has 0 radical (unpaired) electrons. The van der Waals surface area contributed by atoms with Gasteiger partial charge in [0.1, 0.15) is 0 Å². The van der Waals surface area contributed by atoms with Gasteiger partial charge in [-0.25, -0.2) is 0 Å². The summed E-state index contributed by atoms with van der Waals surface area (Å²) in [5.41, 5.74) is 0. The summed E-state index contributed by atoms with van der Waals surface area (Å²) < 4.78 is 5.48. The van der Waals surface area contributed by atoms with Gasteiger partial charge in [-0.1, -0.05) is 332 Å². The lowest BCUT2D eigenvalue weighted by Crippen LogP contribution is -2.45. The molecule has 0 aliphatic carbocycles. The molecule has 0 aromatic rings. The molecule has 1 amide bonds. The van der Waals surface area contributed by atoms with Crippen molar-refractivity contribution in [1.82, 2.24) is 5.32 Å². The van der Waals surface area contributed by atoms with Gasteiger partial charge in [0.2, 0.25) is 5.91 Å². The molecule has 3 N–H and O–H groups in total. The second kappa shape index (κ2) is 68.3. The zero-order valence-corrected chi connectivity index (χ0v) is 53.1. The van der Waals surface area contributed by atoms with Crippen molar-refractivity contribution in [3.8, 4) is 0 Å². The summed E-state index contributed by atoms with van der Waals surface area (Å²) in [6.45, 7) is 4.92. The van der Waals surface area contributed by atoms with E-state index in [2.05, 4.69) is 67.8 Å². The van der Waals surface area contributed by atoms with Crippen molar-refractivity contribution in [1.29, 1.82) is 0 Å². The van der Waals surface area contributed by atoms with Crippen molar-refractivity contribution in [3.63, 3.8) is 0 Å². The quantitative estimate of drug-likeness (QED) is 0.0320. The number of hydrogen-bond donors (Lipinski definition) is 3. The maximum atomic E-state index is 12.5. The zero-order chi connectivity index (χ0) is 57.1. The Balaban J connectivity index is 3.36. The first kappa shape index (κ1) is 76.8. The molecule has 0 aromatic carbocycles. The van der Waals surface area contributed by atoms with Crippen LogP contribution in [-0.2, 0) is 14.3 Å². The van der Waals surface area contributed by atoms with Crippen LogP contribution in [0.15, 0.2) is 48.6 Å². The molecular formula is C73H137NO5. The maximum Gasteiger partial charge on any atom is 0.305 e. The molecule has 2 atom stereocenters. The van der Waals surface area contributed by atoms with Crippen molar-refractivity contribution < 1.29 is 24.5 Å². The van der Waals surface area contributed by atoms with Crippen LogP contribution in [0, 0.1) is 0 Å². The minimum absolute atomic E-state index is 0.00207. The Morgan fingerprint density at radius 1 is 0.354 bits per heavy atom. The second-order valence-corrected chi connectivity index (χ2v) is 24.2. The minimum Gasteiger partial charge on any atom is -0.466 e. The lowest BCUT2D eigenvalue weighted by Gasteiger charge is -2.22. The molecule has 0 aromatic heterocycles. The first-order chi connectivity index (χ1) is 39.0. The SMILES string of the molecule is CCCC/C=C\C/C=C\CCCCCCCC(=O)OCCCCCCCCCCCCC/C=C\C/C=C\CCCCCCCCCCCCCCCCCCCC(=O)NC(CO)C(O)CCCCCCCCCCCCCCC. The highest BCUT2D eigenvalue weighted by Crippen LogP contribution is 2.18. The summed E-state index contributed by atoms with van der Waals surface area (Å²) >= 11 is 0. The monoisotopic (exact) mass is 1110 g/mol. The van der Waals surface area contributed by atoms with E-state index in [1.165, 1.54) is 289 Å². The highest BCUT2D eigenvalue weighted by atomic mass is 16.5. The number of rotatable bonds is 66. The third-order valence-electron chi connectivity index (χ3n) is 16.4.